The van der Waals surface area contributed by atoms with Crippen molar-refractivity contribution in [3.8, 4) is 0 Å². The molecule has 0 fully saturated rings. The van der Waals surface area contributed by atoms with Crippen molar-refractivity contribution < 1.29 is 0 Å². The first-order chi connectivity index (χ1) is 7.14. The fourth-order valence-corrected chi connectivity index (χ4v) is 1.81. The maximum Gasteiger partial charge on any atom is 0.000570 e. The van der Waals surface area contributed by atoms with Crippen LogP contribution in [0.2, 0.25) is 0 Å². The van der Waals surface area contributed by atoms with E-state index in [1.54, 1.807) is 0 Å². The van der Waals surface area contributed by atoms with E-state index in [4.69, 9.17) is 0 Å². The monoisotopic (exact) mass is 205 g/mol. The molecule has 1 rings (SSSR count). The summed E-state index contributed by atoms with van der Waals surface area (Å²) >= 11 is 0. The Morgan fingerprint density at radius 1 is 1.13 bits per heavy atom. The van der Waals surface area contributed by atoms with E-state index in [-0.39, 0.29) is 0 Å². The Kier molecular flexibility index (Phi) is 4.83. The van der Waals surface area contributed by atoms with Crippen molar-refractivity contribution in [3.63, 3.8) is 0 Å². The number of nitrogens with one attached hydrogen (secondary N) is 1. The molecule has 1 aromatic rings. The van der Waals surface area contributed by atoms with Gasteiger partial charge in [-0.05, 0) is 30.4 Å². The molecule has 0 heterocycles. The molecule has 0 amide bonds. The second-order valence-electron chi connectivity index (χ2n) is 5.00. The Morgan fingerprint density at radius 3 is 2.40 bits per heavy atom. The van der Waals surface area contributed by atoms with Gasteiger partial charge in [0.25, 0.3) is 0 Å². The number of benzene rings is 1. The molecular formula is C14H23N. The molecule has 1 N–H and O–H groups in total. The number of hydrogen-bond donors (Lipinski definition) is 1. The van der Waals surface area contributed by atoms with E-state index >= 15 is 0 Å². The van der Waals surface area contributed by atoms with E-state index in [9.17, 15) is 0 Å². The van der Waals surface area contributed by atoms with Crippen LogP contribution in [0, 0.1) is 5.41 Å². The van der Waals surface area contributed by atoms with Crippen molar-refractivity contribution >= 4 is 0 Å². The van der Waals surface area contributed by atoms with E-state index in [0.717, 1.165) is 19.5 Å². The highest BCUT2D eigenvalue weighted by atomic mass is 14.9. The van der Waals surface area contributed by atoms with Crippen molar-refractivity contribution in [2.75, 3.05) is 13.1 Å². The predicted octanol–water partition coefficient (Wildman–Crippen LogP) is 3.25. The molecule has 0 aliphatic heterocycles. The minimum atomic E-state index is 0.344. The maximum absolute atomic E-state index is 3.50. The molecule has 1 nitrogen and oxygen atoms in total. The fourth-order valence-electron chi connectivity index (χ4n) is 1.81. The van der Waals surface area contributed by atoms with Gasteiger partial charge in [-0.2, -0.15) is 0 Å². The van der Waals surface area contributed by atoms with Crippen molar-refractivity contribution in [3.05, 3.63) is 35.9 Å². The molecule has 0 atom stereocenters. The largest absolute Gasteiger partial charge is 0.316 e. The van der Waals surface area contributed by atoms with Gasteiger partial charge in [-0.15, -0.1) is 0 Å². The van der Waals surface area contributed by atoms with E-state index in [1.165, 1.54) is 12.0 Å². The van der Waals surface area contributed by atoms with Crippen LogP contribution >= 0.6 is 0 Å². The van der Waals surface area contributed by atoms with Crippen molar-refractivity contribution in [1.82, 2.24) is 5.32 Å². The Labute approximate surface area is 93.9 Å². The van der Waals surface area contributed by atoms with Crippen LogP contribution in [0.1, 0.15) is 32.8 Å². The second kappa shape index (κ2) is 5.92. The van der Waals surface area contributed by atoms with Gasteiger partial charge in [-0.3, -0.25) is 0 Å². The van der Waals surface area contributed by atoms with Crippen LogP contribution in [0.5, 0.6) is 0 Å². The lowest BCUT2D eigenvalue weighted by Gasteiger charge is -2.25. The Morgan fingerprint density at radius 2 is 1.80 bits per heavy atom. The van der Waals surface area contributed by atoms with Crippen LogP contribution in [0.3, 0.4) is 0 Å². The summed E-state index contributed by atoms with van der Waals surface area (Å²) in [5.74, 6) is 0. The third-order valence-electron chi connectivity index (χ3n) is 2.56. The lowest BCUT2D eigenvalue weighted by Crippen LogP contribution is -2.31. The Balaban J connectivity index is 2.42. The Hall–Kier alpha value is -0.820. The van der Waals surface area contributed by atoms with Gasteiger partial charge in [0.15, 0.2) is 0 Å². The van der Waals surface area contributed by atoms with Crippen LogP contribution < -0.4 is 5.32 Å². The summed E-state index contributed by atoms with van der Waals surface area (Å²) in [6.07, 6.45) is 2.35. The predicted molar refractivity (Wildman–Crippen MR) is 67.1 cm³/mol. The molecule has 0 saturated heterocycles. The van der Waals surface area contributed by atoms with Gasteiger partial charge in [0.1, 0.15) is 0 Å². The fraction of sp³-hybridized carbons (Fsp3) is 0.571. The zero-order valence-electron chi connectivity index (χ0n) is 10.2. The van der Waals surface area contributed by atoms with Crippen molar-refractivity contribution in [2.45, 2.75) is 33.6 Å². The van der Waals surface area contributed by atoms with Crippen LogP contribution in [0.4, 0.5) is 0 Å². The lowest BCUT2D eigenvalue weighted by atomic mass is 9.85. The highest BCUT2D eigenvalue weighted by Crippen LogP contribution is 2.20. The van der Waals surface area contributed by atoms with Gasteiger partial charge in [-0.25, -0.2) is 0 Å². The number of rotatable bonds is 6. The summed E-state index contributed by atoms with van der Waals surface area (Å²) in [5.41, 5.74) is 1.78. The van der Waals surface area contributed by atoms with E-state index in [0.29, 0.717) is 5.41 Å². The van der Waals surface area contributed by atoms with Crippen LogP contribution in [-0.4, -0.2) is 13.1 Å². The zero-order chi connectivity index (χ0) is 11.1. The Bertz CT molecular complexity index is 264. The molecule has 0 radical (unpaired) electrons. The van der Waals surface area contributed by atoms with Gasteiger partial charge in [-0.1, -0.05) is 51.1 Å². The summed E-state index contributed by atoms with van der Waals surface area (Å²) in [5, 5.41) is 3.50. The summed E-state index contributed by atoms with van der Waals surface area (Å²) in [6, 6.07) is 10.7. The second-order valence-corrected chi connectivity index (χ2v) is 5.00. The SMILES string of the molecule is CCCNCC(C)(C)Cc1ccccc1. The highest BCUT2D eigenvalue weighted by molar-refractivity contribution is 5.16. The van der Waals surface area contributed by atoms with Gasteiger partial charge >= 0.3 is 0 Å². The van der Waals surface area contributed by atoms with Crippen molar-refractivity contribution in [2.24, 2.45) is 5.41 Å². The van der Waals surface area contributed by atoms with Crippen LogP contribution in [0.25, 0.3) is 0 Å². The molecule has 0 aliphatic carbocycles. The van der Waals surface area contributed by atoms with Gasteiger partial charge in [0.2, 0.25) is 0 Å². The quantitative estimate of drug-likeness (QED) is 0.703. The van der Waals surface area contributed by atoms with Gasteiger partial charge in [0, 0.05) is 6.54 Å². The average Bonchev–Trinajstić information content (AvgIpc) is 2.18. The molecular weight excluding hydrogens is 182 g/mol. The normalized spacial score (nSPS) is 11.7. The molecule has 0 saturated carbocycles. The average molecular weight is 205 g/mol. The molecule has 0 spiro atoms. The summed E-state index contributed by atoms with van der Waals surface area (Å²) in [7, 11) is 0. The van der Waals surface area contributed by atoms with Crippen LogP contribution in [-0.2, 0) is 6.42 Å². The van der Waals surface area contributed by atoms with E-state index < -0.39 is 0 Å². The molecule has 1 heteroatoms. The molecule has 84 valence electrons. The third-order valence-corrected chi connectivity index (χ3v) is 2.56. The first-order valence-electron chi connectivity index (χ1n) is 5.89. The van der Waals surface area contributed by atoms with Crippen LogP contribution in [0.15, 0.2) is 30.3 Å². The van der Waals surface area contributed by atoms with Gasteiger partial charge < -0.3 is 5.32 Å². The highest BCUT2D eigenvalue weighted by Gasteiger charge is 2.17. The van der Waals surface area contributed by atoms with E-state index in [2.05, 4.69) is 56.4 Å². The summed E-state index contributed by atoms with van der Waals surface area (Å²) in [4.78, 5) is 0. The van der Waals surface area contributed by atoms with Gasteiger partial charge in [0.05, 0.1) is 0 Å². The maximum atomic E-state index is 3.50. The molecule has 0 unspecified atom stereocenters. The molecule has 15 heavy (non-hydrogen) atoms. The number of hydrogen-bond acceptors (Lipinski definition) is 1. The minimum absolute atomic E-state index is 0.344. The summed E-state index contributed by atoms with van der Waals surface area (Å²) in [6.45, 7) is 9.07. The molecule has 0 bridgehead atoms. The van der Waals surface area contributed by atoms with Crippen molar-refractivity contribution in [1.29, 1.82) is 0 Å². The van der Waals surface area contributed by atoms with E-state index in [1.807, 2.05) is 0 Å². The zero-order valence-corrected chi connectivity index (χ0v) is 10.2. The standard InChI is InChI=1S/C14H23N/c1-4-10-15-12-14(2,3)11-13-8-6-5-7-9-13/h5-9,15H,4,10-12H2,1-3H3. The minimum Gasteiger partial charge on any atom is -0.316 e. The first kappa shape index (κ1) is 12.3. The molecule has 1 aromatic carbocycles. The smallest absolute Gasteiger partial charge is 0.000570 e. The third kappa shape index (κ3) is 4.98. The summed E-state index contributed by atoms with van der Waals surface area (Å²) < 4.78 is 0. The molecule has 0 aliphatic rings. The molecule has 0 aromatic heterocycles. The lowest BCUT2D eigenvalue weighted by molar-refractivity contribution is 0.339. The first-order valence-corrected chi connectivity index (χ1v) is 5.89. The topological polar surface area (TPSA) is 12.0 Å².